The maximum Gasteiger partial charge on any atom is 0.0640 e. The lowest BCUT2D eigenvalue weighted by Crippen LogP contribution is -2.36. The Morgan fingerprint density at radius 1 is 1.37 bits per heavy atom. The first-order chi connectivity index (χ1) is 9.20. The number of hydrogen-bond donors (Lipinski definition) is 1. The molecule has 0 spiro atoms. The van der Waals surface area contributed by atoms with E-state index in [1.54, 1.807) is 0 Å². The molecule has 1 N–H and O–H groups in total. The molecule has 1 heterocycles. The van der Waals surface area contributed by atoms with Crippen molar-refractivity contribution in [3.8, 4) is 0 Å². The zero-order valence-corrected chi connectivity index (χ0v) is 12.7. The van der Waals surface area contributed by atoms with Gasteiger partial charge in [-0.2, -0.15) is 5.10 Å². The molecular formula is C16H29N3. The minimum atomic E-state index is 0.548. The number of hydrogen-bond acceptors (Lipinski definition) is 2. The molecule has 1 aromatic rings. The summed E-state index contributed by atoms with van der Waals surface area (Å²) in [7, 11) is 0. The van der Waals surface area contributed by atoms with Crippen molar-refractivity contribution in [3.63, 3.8) is 0 Å². The molecule has 3 nitrogen and oxygen atoms in total. The van der Waals surface area contributed by atoms with Crippen LogP contribution in [-0.2, 0) is 6.42 Å². The molecule has 1 fully saturated rings. The summed E-state index contributed by atoms with van der Waals surface area (Å²) in [4.78, 5) is 0. The first kappa shape index (κ1) is 14.6. The SMILES string of the molecule is CCCNC(Cc1ccn(C2CCCC2)n1)C(C)C. The fourth-order valence-electron chi connectivity index (χ4n) is 2.96. The zero-order valence-electron chi connectivity index (χ0n) is 12.7. The lowest BCUT2D eigenvalue weighted by Gasteiger charge is -2.21. The van der Waals surface area contributed by atoms with Gasteiger partial charge in [0.2, 0.25) is 0 Å². The molecule has 108 valence electrons. The van der Waals surface area contributed by atoms with Crippen molar-refractivity contribution >= 4 is 0 Å². The minimum Gasteiger partial charge on any atom is -0.313 e. The van der Waals surface area contributed by atoms with E-state index >= 15 is 0 Å². The highest BCUT2D eigenvalue weighted by atomic mass is 15.3. The van der Waals surface area contributed by atoms with Crippen molar-refractivity contribution in [1.82, 2.24) is 15.1 Å². The largest absolute Gasteiger partial charge is 0.313 e. The normalized spacial score (nSPS) is 18.3. The summed E-state index contributed by atoms with van der Waals surface area (Å²) in [5.41, 5.74) is 1.24. The summed E-state index contributed by atoms with van der Waals surface area (Å²) >= 11 is 0. The summed E-state index contributed by atoms with van der Waals surface area (Å²) in [6.07, 6.45) is 9.78. The van der Waals surface area contributed by atoms with Gasteiger partial charge < -0.3 is 5.32 Å². The summed E-state index contributed by atoms with van der Waals surface area (Å²) < 4.78 is 2.21. The molecule has 19 heavy (non-hydrogen) atoms. The summed E-state index contributed by atoms with van der Waals surface area (Å²) in [5.74, 6) is 0.656. The highest BCUT2D eigenvalue weighted by Crippen LogP contribution is 2.28. The molecule has 1 aliphatic carbocycles. The Labute approximate surface area is 117 Å². The first-order valence-corrected chi connectivity index (χ1v) is 7.98. The fraction of sp³-hybridized carbons (Fsp3) is 0.812. The van der Waals surface area contributed by atoms with Crippen LogP contribution in [0.1, 0.15) is 64.6 Å². The van der Waals surface area contributed by atoms with E-state index < -0.39 is 0 Å². The van der Waals surface area contributed by atoms with Crippen LogP contribution in [0.4, 0.5) is 0 Å². The van der Waals surface area contributed by atoms with Crippen LogP contribution in [0.25, 0.3) is 0 Å². The molecule has 0 aliphatic heterocycles. The standard InChI is InChI=1S/C16H29N3/c1-4-10-17-16(13(2)3)12-14-9-11-19(18-14)15-7-5-6-8-15/h9,11,13,15-17H,4-8,10,12H2,1-3H3. The van der Waals surface area contributed by atoms with E-state index in [9.17, 15) is 0 Å². The van der Waals surface area contributed by atoms with Crippen LogP contribution < -0.4 is 5.32 Å². The number of rotatable bonds is 7. The van der Waals surface area contributed by atoms with E-state index in [0.29, 0.717) is 18.0 Å². The molecule has 0 radical (unpaired) electrons. The third kappa shape index (κ3) is 4.07. The van der Waals surface area contributed by atoms with Crippen molar-refractivity contribution in [1.29, 1.82) is 0 Å². The van der Waals surface area contributed by atoms with E-state index in [4.69, 9.17) is 5.10 Å². The van der Waals surface area contributed by atoms with E-state index in [1.165, 1.54) is 37.8 Å². The highest BCUT2D eigenvalue weighted by Gasteiger charge is 2.19. The third-order valence-corrected chi connectivity index (χ3v) is 4.25. The van der Waals surface area contributed by atoms with Gasteiger partial charge in [0, 0.05) is 18.7 Å². The molecule has 2 rings (SSSR count). The maximum atomic E-state index is 4.80. The molecule has 1 saturated carbocycles. The van der Waals surface area contributed by atoms with Crippen molar-refractivity contribution in [2.45, 2.75) is 71.4 Å². The van der Waals surface area contributed by atoms with Gasteiger partial charge in [-0.15, -0.1) is 0 Å². The number of nitrogens with one attached hydrogen (secondary N) is 1. The quantitative estimate of drug-likeness (QED) is 0.815. The summed E-state index contributed by atoms with van der Waals surface area (Å²) in [6.45, 7) is 7.91. The summed E-state index contributed by atoms with van der Waals surface area (Å²) in [6, 6.07) is 3.42. The van der Waals surface area contributed by atoms with Gasteiger partial charge in [-0.1, -0.05) is 33.6 Å². The van der Waals surface area contributed by atoms with Crippen LogP contribution >= 0.6 is 0 Å². The molecular weight excluding hydrogens is 234 g/mol. The van der Waals surface area contributed by atoms with Gasteiger partial charge in [-0.05, 0) is 37.8 Å². The number of nitrogens with zero attached hydrogens (tertiary/aromatic N) is 2. The van der Waals surface area contributed by atoms with Crippen LogP contribution in [0.2, 0.25) is 0 Å². The monoisotopic (exact) mass is 263 g/mol. The average molecular weight is 263 g/mol. The van der Waals surface area contributed by atoms with Crippen molar-refractivity contribution in [2.75, 3.05) is 6.54 Å². The fourth-order valence-corrected chi connectivity index (χ4v) is 2.96. The van der Waals surface area contributed by atoms with Crippen LogP contribution in [0.5, 0.6) is 0 Å². The molecule has 1 aliphatic rings. The van der Waals surface area contributed by atoms with E-state index in [-0.39, 0.29) is 0 Å². The van der Waals surface area contributed by atoms with Crippen LogP contribution in [0, 0.1) is 5.92 Å². The number of aromatic nitrogens is 2. The van der Waals surface area contributed by atoms with Gasteiger partial charge in [0.25, 0.3) is 0 Å². The summed E-state index contributed by atoms with van der Waals surface area (Å²) in [5, 5.41) is 8.45. The molecule has 1 atom stereocenters. The Balaban J connectivity index is 1.93. The van der Waals surface area contributed by atoms with Crippen LogP contribution in [0.15, 0.2) is 12.3 Å². The lowest BCUT2D eigenvalue weighted by atomic mass is 9.99. The smallest absolute Gasteiger partial charge is 0.0640 e. The molecule has 0 amide bonds. The zero-order chi connectivity index (χ0) is 13.7. The second kappa shape index (κ2) is 7.09. The van der Waals surface area contributed by atoms with Gasteiger partial charge in [-0.25, -0.2) is 0 Å². The average Bonchev–Trinajstić information content (AvgIpc) is 3.04. The minimum absolute atomic E-state index is 0.548. The van der Waals surface area contributed by atoms with Crippen molar-refractivity contribution < 1.29 is 0 Å². The van der Waals surface area contributed by atoms with Gasteiger partial charge in [0.05, 0.1) is 11.7 Å². The third-order valence-electron chi connectivity index (χ3n) is 4.25. The van der Waals surface area contributed by atoms with Gasteiger partial charge in [0.1, 0.15) is 0 Å². The van der Waals surface area contributed by atoms with E-state index in [0.717, 1.165) is 13.0 Å². The topological polar surface area (TPSA) is 29.9 Å². The van der Waals surface area contributed by atoms with E-state index in [2.05, 4.69) is 43.0 Å². The van der Waals surface area contributed by atoms with Crippen molar-refractivity contribution in [2.24, 2.45) is 5.92 Å². The second-order valence-electron chi connectivity index (χ2n) is 6.23. The molecule has 0 aromatic carbocycles. The van der Waals surface area contributed by atoms with Gasteiger partial charge in [0.15, 0.2) is 0 Å². The molecule has 0 bridgehead atoms. The highest BCUT2D eigenvalue weighted by molar-refractivity contribution is 5.03. The Kier molecular flexibility index (Phi) is 5.44. The first-order valence-electron chi connectivity index (χ1n) is 7.98. The maximum absolute atomic E-state index is 4.80. The Bertz CT molecular complexity index is 364. The molecule has 1 aromatic heterocycles. The predicted octanol–water partition coefficient (Wildman–Crippen LogP) is 3.56. The molecule has 0 saturated heterocycles. The van der Waals surface area contributed by atoms with Crippen LogP contribution in [0.3, 0.4) is 0 Å². The second-order valence-corrected chi connectivity index (χ2v) is 6.23. The Hall–Kier alpha value is -0.830. The van der Waals surface area contributed by atoms with Crippen LogP contribution in [-0.4, -0.2) is 22.4 Å². The van der Waals surface area contributed by atoms with Gasteiger partial charge in [-0.3, -0.25) is 4.68 Å². The lowest BCUT2D eigenvalue weighted by molar-refractivity contribution is 0.390. The molecule has 3 heteroatoms. The Morgan fingerprint density at radius 3 is 2.74 bits per heavy atom. The van der Waals surface area contributed by atoms with E-state index in [1.807, 2.05) is 0 Å². The Morgan fingerprint density at radius 2 is 2.11 bits per heavy atom. The van der Waals surface area contributed by atoms with Crippen molar-refractivity contribution in [3.05, 3.63) is 18.0 Å². The predicted molar refractivity (Wildman–Crippen MR) is 80.4 cm³/mol. The van der Waals surface area contributed by atoms with Gasteiger partial charge >= 0.3 is 0 Å². The molecule has 1 unspecified atom stereocenters.